The number of carbonyl (C=O) groups excluding carboxylic acids is 1. The van der Waals surface area contributed by atoms with Crippen molar-refractivity contribution in [1.29, 1.82) is 0 Å². The van der Waals surface area contributed by atoms with Crippen LogP contribution in [-0.4, -0.2) is 102 Å². The van der Waals surface area contributed by atoms with Crippen molar-refractivity contribution >= 4 is 17.3 Å². The van der Waals surface area contributed by atoms with Crippen molar-refractivity contribution < 1.29 is 61.8 Å². The van der Waals surface area contributed by atoms with Crippen LogP contribution in [0.25, 0.3) is 0 Å². The van der Waals surface area contributed by atoms with Gasteiger partial charge in [-0.05, 0) is 25.5 Å². The highest BCUT2D eigenvalue weighted by atomic mass is 32.2. The molecule has 1 aromatic carbocycles. The van der Waals surface area contributed by atoms with Crippen LogP contribution in [0, 0.1) is 11.3 Å². The van der Waals surface area contributed by atoms with Crippen molar-refractivity contribution in [3.63, 3.8) is 0 Å². The summed E-state index contributed by atoms with van der Waals surface area (Å²) in [5.74, 6) is -3.15. The van der Waals surface area contributed by atoms with Crippen LogP contribution >= 0.6 is 0 Å². The number of hydrogen-bond acceptors (Lipinski definition) is 12. The summed E-state index contributed by atoms with van der Waals surface area (Å²) in [6, 6.07) is 8.23. The van der Waals surface area contributed by atoms with Crippen LogP contribution in [0.4, 0.5) is 0 Å². The van der Waals surface area contributed by atoms with Gasteiger partial charge >= 0.3 is 23.3 Å². The molecule has 4 heterocycles. The molecular formula is C23H28O13S. The first-order valence-electron chi connectivity index (χ1n) is 11.9. The van der Waals surface area contributed by atoms with Crippen LogP contribution in [0.5, 0.6) is 0 Å². The Morgan fingerprint density at radius 3 is 2.54 bits per heavy atom. The van der Waals surface area contributed by atoms with E-state index in [1.165, 1.54) is 0 Å². The number of aliphatic hydroxyl groups is 4. The molecule has 0 radical (unpaired) electrons. The van der Waals surface area contributed by atoms with Gasteiger partial charge in [0.2, 0.25) is 0 Å². The Bertz CT molecular complexity index is 1100. The Balaban J connectivity index is 1.38. The predicted molar refractivity (Wildman–Crippen MR) is 118 cm³/mol. The van der Waals surface area contributed by atoms with Crippen molar-refractivity contribution in [2.45, 2.75) is 73.8 Å². The van der Waals surface area contributed by atoms with Gasteiger partial charge in [0.1, 0.15) is 47.6 Å². The van der Waals surface area contributed by atoms with E-state index in [1.807, 2.05) is 0 Å². The first-order chi connectivity index (χ1) is 17.5. The highest BCUT2D eigenvalue weighted by Gasteiger charge is 2.97. The molecule has 7 aliphatic rings. The zero-order valence-corrected chi connectivity index (χ0v) is 20.5. The lowest BCUT2D eigenvalue weighted by molar-refractivity contribution is -0.394. The van der Waals surface area contributed by atoms with Crippen molar-refractivity contribution in [3.05, 3.63) is 35.9 Å². The number of aliphatic hydroxyl groups excluding tert-OH is 4. The van der Waals surface area contributed by atoms with Gasteiger partial charge in [-0.3, -0.25) is 4.55 Å². The summed E-state index contributed by atoms with van der Waals surface area (Å²) in [4.78, 5) is 12.9. The molecule has 7 fully saturated rings. The van der Waals surface area contributed by atoms with Gasteiger partial charge in [0, 0.05) is 12.3 Å². The SMILES string of the molecule is C[C@@]12C[C@H]3O[C@](OS(=O)O)(O1)C1(COC(=O)c4ccccc4)[C@@H]3C[C@@]12O[C@@H]1O[C@H](CO)C(O)C(O)[C@H]1O. The van der Waals surface area contributed by atoms with E-state index in [9.17, 15) is 34.0 Å². The van der Waals surface area contributed by atoms with Crippen LogP contribution in [0.1, 0.15) is 30.1 Å². The third kappa shape index (κ3) is 3.20. The van der Waals surface area contributed by atoms with E-state index in [4.69, 9.17) is 27.9 Å². The molecule has 4 aliphatic heterocycles. The second-order valence-corrected chi connectivity index (χ2v) is 11.0. The standard InChI is InChI=1S/C23H28O13S/c1-20-8-13-12-7-22(20,34-19-17(27)16(26)15(25)14(9-24)32-19)21(12,23(33-13,35-20)36-37(29)30)10-31-18(28)11-5-3-2-4-6-11/h2-6,12-17,19,24-27H,7-10H2,1H3,(H,29,30)/t12-,13-,14-,15?,16?,17-,19+,20+,21?,22+,23+/m1/s1. The van der Waals surface area contributed by atoms with E-state index < -0.39 is 83.3 Å². The summed E-state index contributed by atoms with van der Waals surface area (Å²) >= 11 is -2.84. The molecule has 14 heteroatoms. The summed E-state index contributed by atoms with van der Waals surface area (Å²) < 4.78 is 56.8. The second kappa shape index (κ2) is 8.47. The van der Waals surface area contributed by atoms with E-state index in [2.05, 4.69) is 0 Å². The van der Waals surface area contributed by atoms with E-state index in [0.717, 1.165) is 0 Å². The number of hydrogen-bond donors (Lipinski definition) is 5. The molecule has 3 saturated carbocycles. The Hall–Kier alpha value is -1.56. The fraction of sp³-hybridized carbons (Fsp3) is 0.696. The first kappa shape index (κ1) is 25.7. The Morgan fingerprint density at radius 2 is 1.86 bits per heavy atom. The van der Waals surface area contributed by atoms with Crippen LogP contribution in [0.3, 0.4) is 0 Å². The number of benzene rings is 1. The minimum Gasteiger partial charge on any atom is -0.461 e. The number of ether oxygens (including phenoxy) is 5. The average Bonchev–Trinajstić information content (AvgIpc) is 3.04. The topological polar surface area (TPSA) is 191 Å². The highest BCUT2D eigenvalue weighted by molar-refractivity contribution is 7.74. The zero-order chi connectivity index (χ0) is 26.4. The average molecular weight is 545 g/mol. The zero-order valence-electron chi connectivity index (χ0n) is 19.7. The molecular weight excluding hydrogens is 516 g/mol. The Morgan fingerprint density at radius 1 is 1.14 bits per heavy atom. The number of carbonyl (C=O) groups is 1. The van der Waals surface area contributed by atoms with Gasteiger partial charge < -0.3 is 44.1 Å². The minimum absolute atomic E-state index is 0.273. The fourth-order valence-corrected chi connectivity index (χ4v) is 7.50. The maximum Gasteiger partial charge on any atom is 0.338 e. The lowest BCUT2D eigenvalue weighted by Gasteiger charge is -2.65. The lowest BCUT2D eigenvalue weighted by Crippen LogP contribution is -2.79. The van der Waals surface area contributed by atoms with Gasteiger partial charge in [-0.1, -0.05) is 18.2 Å². The fourth-order valence-electron chi connectivity index (χ4n) is 7.10. The van der Waals surface area contributed by atoms with Crippen molar-refractivity contribution in [1.82, 2.24) is 0 Å². The van der Waals surface area contributed by atoms with Crippen molar-refractivity contribution in [3.8, 4) is 0 Å². The Kier molecular flexibility index (Phi) is 5.88. The van der Waals surface area contributed by atoms with Crippen molar-refractivity contribution in [2.75, 3.05) is 13.2 Å². The van der Waals surface area contributed by atoms with Crippen LogP contribution in [-0.2, 0) is 39.2 Å². The van der Waals surface area contributed by atoms with Gasteiger partial charge in [-0.25, -0.2) is 8.98 Å². The molecule has 4 unspecified atom stereocenters. The van der Waals surface area contributed by atoms with Gasteiger partial charge in [-0.15, -0.1) is 0 Å². The third-order valence-electron chi connectivity index (χ3n) is 8.75. The van der Waals surface area contributed by atoms with Crippen molar-refractivity contribution in [2.24, 2.45) is 11.3 Å². The summed E-state index contributed by atoms with van der Waals surface area (Å²) in [6.07, 6.45) is -7.64. The molecule has 3 aliphatic carbocycles. The monoisotopic (exact) mass is 544 g/mol. The maximum absolute atomic E-state index is 12.9. The molecule has 12 atom stereocenters. The normalized spacial score (nSPS) is 50.1. The summed E-state index contributed by atoms with van der Waals surface area (Å²) in [5.41, 5.74) is -3.80. The quantitative estimate of drug-likeness (QED) is 0.194. The van der Waals surface area contributed by atoms with E-state index in [-0.39, 0.29) is 24.5 Å². The van der Waals surface area contributed by atoms with E-state index >= 15 is 0 Å². The van der Waals surface area contributed by atoms with Crippen LogP contribution in [0.15, 0.2) is 30.3 Å². The smallest absolute Gasteiger partial charge is 0.338 e. The lowest BCUT2D eigenvalue weighted by atomic mass is 9.41. The molecule has 1 aromatic rings. The molecule has 4 saturated heterocycles. The highest BCUT2D eigenvalue weighted by Crippen LogP contribution is 2.83. The largest absolute Gasteiger partial charge is 0.461 e. The molecule has 6 bridgehead atoms. The van der Waals surface area contributed by atoms with Gasteiger partial charge in [-0.2, -0.15) is 4.21 Å². The molecule has 0 amide bonds. The van der Waals surface area contributed by atoms with E-state index in [1.54, 1.807) is 37.3 Å². The van der Waals surface area contributed by atoms with Gasteiger partial charge in [0.15, 0.2) is 6.29 Å². The summed E-state index contributed by atoms with van der Waals surface area (Å²) in [7, 11) is 0. The molecule has 204 valence electrons. The number of esters is 1. The summed E-state index contributed by atoms with van der Waals surface area (Å²) in [5, 5.41) is 40.8. The minimum atomic E-state index is -2.84. The van der Waals surface area contributed by atoms with Crippen LogP contribution in [0.2, 0.25) is 0 Å². The number of rotatable bonds is 8. The molecule has 5 N–H and O–H groups in total. The molecule has 0 aromatic heterocycles. The molecule has 0 spiro atoms. The third-order valence-corrected chi connectivity index (χ3v) is 9.12. The van der Waals surface area contributed by atoms with E-state index in [0.29, 0.717) is 6.42 Å². The molecule has 8 rings (SSSR count). The molecule has 37 heavy (non-hydrogen) atoms. The second-order valence-electron chi connectivity index (χ2n) is 10.4. The van der Waals surface area contributed by atoms with Gasteiger partial charge in [0.05, 0.1) is 18.3 Å². The van der Waals surface area contributed by atoms with Gasteiger partial charge in [0.25, 0.3) is 0 Å². The summed E-state index contributed by atoms with van der Waals surface area (Å²) in [6.45, 7) is 0.656. The predicted octanol–water partition coefficient (Wildman–Crippen LogP) is -1.20. The van der Waals surface area contributed by atoms with Crippen LogP contribution < -0.4 is 0 Å². The maximum atomic E-state index is 12.9. The molecule has 13 nitrogen and oxygen atoms in total. The first-order valence-corrected chi connectivity index (χ1v) is 13.0. The Labute approximate surface area is 213 Å².